The molecule has 2 N–H and O–H groups in total. The molecule has 0 unspecified atom stereocenters. The number of fused-ring (bicyclic) bond motifs is 1. The van der Waals surface area contributed by atoms with Crippen LogP contribution in [0.3, 0.4) is 0 Å². The SMILES string of the molecule is COc1cccc2c(C)c(N)cnc12. The molecule has 3 nitrogen and oxygen atoms in total. The van der Waals surface area contributed by atoms with E-state index in [4.69, 9.17) is 10.5 Å². The first-order valence-electron chi connectivity index (χ1n) is 4.42. The number of hydrogen-bond donors (Lipinski definition) is 1. The maximum Gasteiger partial charge on any atom is 0.145 e. The molecule has 72 valence electrons. The van der Waals surface area contributed by atoms with Crippen molar-refractivity contribution >= 4 is 16.6 Å². The summed E-state index contributed by atoms with van der Waals surface area (Å²) < 4.78 is 5.22. The first kappa shape index (κ1) is 8.81. The molecule has 0 fully saturated rings. The van der Waals surface area contributed by atoms with Crippen LogP contribution in [0.5, 0.6) is 5.75 Å². The van der Waals surface area contributed by atoms with E-state index in [1.165, 1.54) is 0 Å². The van der Waals surface area contributed by atoms with Gasteiger partial charge in [0.1, 0.15) is 11.3 Å². The van der Waals surface area contributed by atoms with Crippen LogP contribution in [0.1, 0.15) is 5.56 Å². The Morgan fingerprint density at radius 3 is 2.86 bits per heavy atom. The van der Waals surface area contributed by atoms with Crippen molar-refractivity contribution < 1.29 is 4.74 Å². The van der Waals surface area contributed by atoms with Crippen LogP contribution in [0.2, 0.25) is 0 Å². The largest absolute Gasteiger partial charge is 0.494 e. The summed E-state index contributed by atoms with van der Waals surface area (Å²) in [6.07, 6.45) is 1.67. The van der Waals surface area contributed by atoms with Gasteiger partial charge in [0, 0.05) is 5.39 Å². The van der Waals surface area contributed by atoms with Crippen molar-refractivity contribution in [3.8, 4) is 5.75 Å². The number of nitrogens with zero attached hydrogens (tertiary/aromatic N) is 1. The summed E-state index contributed by atoms with van der Waals surface area (Å²) in [6.45, 7) is 1.98. The smallest absolute Gasteiger partial charge is 0.145 e. The van der Waals surface area contributed by atoms with Crippen LogP contribution < -0.4 is 10.5 Å². The number of benzene rings is 1. The minimum absolute atomic E-state index is 0.714. The van der Waals surface area contributed by atoms with Gasteiger partial charge in [0.15, 0.2) is 0 Å². The van der Waals surface area contributed by atoms with Crippen molar-refractivity contribution in [1.29, 1.82) is 0 Å². The average Bonchev–Trinajstić information content (AvgIpc) is 2.23. The molecule has 0 spiro atoms. The predicted molar refractivity (Wildman–Crippen MR) is 57.4 cm³/mol. The highest BCUT2D eigenvalue weighted by Crippen LogP contribution is 2.27. The van der Waals surface area contributed by atoms with Gasteiger partial charge in [-0.25, -0.2) is 0 Å². The van der Waals surface area contributed by atoms with E-state index in [1.807, 2.05) is 25.1 Å². The number of ether oxygens (including phenoxy) is 1. The van der Waals surface area contributed by atoms with E-state index in [2.05, 4.69) is 4.98 Å². The molecule has 2 aromatic rings. The Morgan fingerprint density at radius 1 is 1.36 bits per heavy atom. The Kier molecular flexibility index (Phi) is 2.00. The maximum absolute atomic E-state index is 5.77. The van der Waals surface area contributed by atoms with Crippen LogP contribution in [0, 0.1) is 6.92 Å². The first-order valence-corrected chi connectivity index (χ1v) is 4.42. The van der Waals surface area contributed by atoms with E-state index in [9.17, 15) is 0 Å². The van der Waals surface area contributed by atoms with Gasteiger partial charge in [-0.05, 0) is 18.6 Å². The third kappa shape index (κ3) is 1.18. The number of methoxy groups -OCH3 is 1. The lowest BCUT2D eigenvalue weighted by molar-refractivity contribution is 0.419. The zero-order chi connectivity index (χ0) is 10.1. The van der Waals surface area contributed by atoms with Crippen molar-refractivity contribution in [2.24, 2.45) is 0 Å². The number of aryl methyl sites for hydroxylation is 1. The molecule has 0 amide bonds. The van der Waals surface area contributed by atoms with Gasteiger partial charge in [0.25, 0.3) is 0 Å². The number of anilines is 1. The van der Waals surface area contributed by atoms with Crippen LogP contribution in [0.25, 0.3) is 10.9 Å². The molecule has 0 aliphatic heterocycles. The summed E-state index contributed by atoms with van der Waals surface area (Å²) in [7, 11) is 1.64. The second-order valence-electron chi connectivity index (χ2n) is 3.19. The predicted octanol–water partition coefficient (Wildman–Crippen LogP) is 2.13. The third-order valence-electron chi connectivity index (χ3n) is 2.39. The lowest BCUT2D eigenvalue weighted by Crippen LogP contribution is -1.94. The van der Waals surface area contributed by atoms with Gasteiger partial charge in [-0.2, -0.15) is 0 Å². The monoisotopic (exact) mass is 188 g/mol. The summed E-state index contributed by atoms with van der Waals surface area (Å²) in [5, 5.41) is 1.05. The van der Waals surface area contributed by atoms with Crippen LogP contribution in [0.4, 0.5) is 5.69 Å². The van der Waals surface area contributed by atoms with E-state index in [0.717, 1.165) is 22.2 Å². The molecule has 0 saturated carbocycles. The number of hydrogen-bond acceptors (Lipinski definition) is 3. The summed E-state index contributed by atoms with van der Waals surface area (Å²) in [4.78, 5) is 4.26. The van der Waals surface area contributed by atoms with E-state index in [0.29, 0.717) is 5.69 Å². The van der Waals surface area contributed by atoms with Crippen LogP contribution in [-0.2, 0) is 0 Å². The van der Waals surface area contributed by atoms with Gasteiger partial charge in [-0.15, -0.1) is 0 Å². The van der Waals surface area contributed by atoms with Crippen LogP contribution in [-0.4, -0.2) is 12.1 Å². The van der Waals surface area contributed by atoms with Crippen molar-refractivity contribution in [2.75, 3.05) is 12.8 Å². The summed E-state index contributed by atoms with van der Waals surface area (Å²) >= 11 is 0. The molecular formula is C11H12N2O. The Labute approximate surface area is 82.5 Å². The Bertz CT molecular complexity index is 480. The molecule has 2 rings (SSSR count). The van der Waals surface area contributed by atoms with Crippen LogP contribution >= 0.6 is 0 Å². The molecule has 14 heavy (non-hydrogen) atoms. The molecule has 3 heteroatoms. The van der Waals surface area contributed by atoms with Gasteiger partial charge in [-0.3, -0.25) is 4.98 Å². The molecule has 0 aliphatic rings. The number of aromatic nitrogens is 1. The fourth-order valence-corrected chi connectivity index (χ4v) is 1.51. The maximum atomic E-state index is 5.77. The highest BCUT2D eigenvalue weighted by Gasteiger charge is 2.05. The minimum atomic E-state index is 0.714. The number of nitrogens with two attached hydrogens (primary N) is 1. The summed E-state index contributed by atoms with van der Waals surface area (Å²) in [5.41, 5.74) is 8.40. The highest BCUT2D eigenvalue weighted by atomic mass is 16.5. The number of para-hydroxylation sites is 1. The molecule has 0 saturated heterocycles. The molecule has 0 radical (unpaired) electrons. The van der Waals surface area contributed by atoms with Gasteiger partial charge >= 0.3 is 0 Å². The topological polar surface area (TPSA) is 48.1 Å². The van der Waals surface area contributed by atoms with E-state index in [-0.39, 0.29) is 0 Å². The third-order valence-corrected chi connectivity index (χ3v) is 2.39. The van der Waals surface area contributed by atoms with Crippen molar-refractivity contribution in [3.05, 3.63) is 30.0 Å². The Balaban J connectivity index is 2.86. The van der Waals surface area contributed by atoms with E-state index < -0.39 is 0 Å². The van der Waals surface area contributed by atoms with Crippen molar-refractivity contribution in [3.63, 3.8) is 0 Å². The van der Waals surface area contributed by atoms with Crippen LogP contribution in [0.15, 0.2) is 24.4 Å². The second-order valence-corrected chi connectivity index (χ2v) is 3.19. The zero-order valence-corrected chi connectivity index (χ0v) is 8.24. The fraction of sp³-hybridized carbons (Fsp3) is 0.182. The van der Waals surface area contributed by atoms with Gasteiger partial charge in [0.05, 0.1) is 19.0 Å². The molecule has 0 bridgehead atoms. The zero-order valence-electron chi connectivity index (χ0n) is 8.24. The average molecular weight is 188 g/mol. The van der Waals surface area contributed by atoms with Gasteiger partial charge in [-0.1, -0.05) is 12.1 Å². The molecule has 1 aromatic carbocycles. The van der Waals surface area contributed by atoms with Crippen molar-refractivity contribution in [1.82, 2.24) is 4.98 Å². The normalized spacial score (nSPS) is 10.4. The lowest BCUT2D eigenvalue weighted by Gasteiger charge is -2.07. The fourth-order valence-electron chi connectivity index (χ4n) is 1.51. The standard InChI is InChI=1S/C11H12N2O/c1-7-8-4-3-5-10(14-2)11(8)13-6-9(7)12/h3-6H,12H2,1-2H3. The van der Waals surface area contributed by atoms with Gasteiger partial charge in [0.2, 0.25) is 0 Å². The lowest BCUT2D eigenvalue weighted by atomic mass is 10.1. The molecule has 1 heterocycles. The Morgan fingerprint density at radius 2 is 2.14 bits per heavy atom. The molecule has 1 aromatic heterocycles. The molecular weight excluding hydrogens is 176 g/mol. The number of nitrogen functional groups attached to an aromatic ring is 1. The number of rotatable bonds is 1. The Hall–Kier alpha value is -1.77. The van der Waals surface area contributed by atoms with Gasteiger partial charge < -0.3 is 10.5 Å². The first-order chi connectivity index (χ1) is 6.74. The minimum Gasteiger partial charge on any atom is -0.494 e. The highest BCUT2D eigenvalue weighted by molar-refractivity contribution is 5.90. The second kappa shape index (κ2) is 3.18. The molecule has 0 atom stereocenters. The van der Waals surface area contributed by atoms with Crippen molar-refractivity contribution in [2.45, 2.75) is 6.92 Å². The molecule has 0 aliphatic carbocycles. The number of pyridine rings is 1. The van der Waals surface area contributed by atoms with E-state index >= 15 is 0 Å². The summed E-state index contributed by atoms with van der Waals surface area (Å²) in [5.74, 6) is 0.783. The summed E-state index contributed by atoms with van der Waals surface area (Å²) in [6, 6.07) is 5.83. The van der Waals surface area contributed by atoms with E-state index in [1.54, 1.807) is 13.3 Å². The quantitative estimate of drug-likeness (QED) is 0.745.